The Hall–Kier alpha value is -3.10. The number of fused-ring (bicyclic) bond motifs is 3. The highest BCUT2D eigenvalue weighted by atomic mass is 16.6. The van der Waals surface area contributed by atoms with Crippen LogP contribution in [0.5, 0.6) is 0 Å². The van der Waals surface area contributed by atoms with Crippen LogP contribution in [0.2, 0.25) is 0 Å². The fourth-order valence-electron chi connectivity index (χ4n) is 4.24. The van der Waals surface area contributed by atoms with Gasteiger partial charge in [0.15, 0.2) is 0 Å². The minimum atomic E-state index is -0.933. The van der Waals surface area contributed by atoms with Gasteiger partial charge in [-0.25, -0.2) is 19.6 Å². The summed E-state index contributed by atoms with van der Waals surface area (Å²) in [5, 5.41) is 12.8. The molecule has 9 heteroatoms. The fourth-order valence-corrected chi connectivity index (χ4v) is 4.24. The second kappa shape index (κ2) is 7.86. The molecule has 0 unspecified atom stereocenters. The number of aryl methyl sites for hydroxylation is 2. The molecular weight excluding hydrogens is 398 g/mol. The SMILES string of the molecule is Cc1c(C(=O)O)cn2c1-c1nc(N[C@H]3CCCN(C(=O)OC(C)(C)C)C3)ncc1CC2. The van der Waals surface area contributed by atoms with Crippen molar-refractivity contribution >= 4 is 18.0 Å². The van der Waals surface area contributed by atoms with Gasteiger partial charge in [0, 0.05) is 43.6 Å². The summed E-state index contributed by atoms with van der Waals surface area (Å²) in [7, 11) is 0. The Morgan fingerprint density at radius 3 is 2.77 bits per heavy atom. The number of aromatic nitrogens is 3. The number of carbonyl (C=O) groups is 2. The zero-order valence-electron chi connectivity index (χ0n) is 18.4. The third-order valence-electron chi connectivity index (χ3n) is 5.68. The van der Waals surface area contributed by atoms with Crippen molar-refractivity contribution in [2.24, 2.45) is 0 Å². The van der Waals surface area contributed by atoms with Gasteiger partial charge in [-0.05, 0) is 52.5 Å². The summed E-state index contributed by atoms with van der Waals surface area (Å²) in [6, 6.07) is 0.0189. The average Bonchev–Trinajstić information content (AvgIpc) is 3.04. The van der Waals surface area contributed by atoms with Gasteiger partial charge >= 0.3 is 12.1 Å². The molecule has 1 fully saturated rings. The molecule has 0 spiro atoms. The molecule has 1 amide bonds. The first-order valence-corrected chi connectivity index (χ1v) is 10.7. The van der Waals surface area contributed by atoms with Gasteiger partial charge in [0.05, 0.1) is 17.0 Å². The molecule has 0 aliphatic carbocycles. The minimum Gasteiger partial charge on any atom is -0.478 e. The van der Waals surface area contributed by atoms with Crippen LogP contribution in [0.25, 0.3) is 11.4 Å². The van der Waals surface area contributed by atoms with Crippen molar-refractivity contribution in [3.8, 4) is 11.4 Å². The van der Waals surface area contributed by atoms with Crippen molar-refractivity contribution in [2.75, 3.05) is 18.4 Å². The van der Waals surface area contributed by atoms with Crippen LogP contribution in [-0.2, 0) is 17.7 Å². The number of carboxylic acids is 1. The van der Waals surface area contributed by atoms with E-state index in [1.807, 2.05) is 38.5 Å². The largest absolute Gasteiger partial charge is 0.478 e. The molecule has 166 valence electrons. The zero-order chi connectivity index (χ0) is 22.3. The highest BCUT2D eigenvalue weighted by molar-refractivity contribution is 5.92. The number of carboxylic acid groups (broad SMARTS) is 1. The van der Waals surface area contributed by atoms with E-state index < -0.39 is 11.6 Å². The smallest absolute Gasteiger partial charge is 0.410 e. The highest BCUT2D eigenvalue weighted by Crippen LogP contribution is 2.33. The Balaban J connectivity index is 1.53. The lowest BCUT2D eigenvalue weighted by Gasteiger charge is -2.34. The molecule has 1 saturated heterocycles. The average molecular weight is 428 g/mol. The fraction of sp³-hybridized carbons (Fsp3) is 0.545. The van der Waals surface area contributed by atoms with E-state index in [-0.39, 0.29) is 12.1 Å². The maximum atomic E-state index is 12.4. The molecule has 1 atom stereocenters. The lowest BCUT2D eigenvalue weighted by molar-refractivity contribution is 0.0206. The van der Waals surface area contributed by atoms with Gasteiger partial charge in [0.25, 0.3) is 0 Å². The second-order valence-corrected chi connectivity index (χ2v) is 9.24. The predicted octanol–water partition coefficient (Wildman–Crippen LogP) is 3.32. The monoisotopic (exact) mass is 427 g/mol. The Morgan fingerprint density at radius 2 is 2.06 bits per heavy atom. The van der Waals surface area contributed by atoms with Gasteiger partial charge < -0.3 is 24.6 Å². The number of ether oxygens (including phenoxy) is 1. The number of hydrogen-bond donors (Lipinski definition) is 2. The number of rotatable bonds is 3. The van der Waals surface area contributed by atoms with Crippen molar-refractivity contribution in [1.82, 2.24) is 19.4 Å². The minimum absolute atomic E-state index is 0.0189. The first kappa shape index (κ1) is 21.1. The zero-order valence-corrected chi connectivity index (χ0v) is 18.4. The Bertz CT molecular complexity index is 1020. The summed E-state index contributed by atoms with van der Waals surface area (Å²) in [6.07, 6.45) is 5.72. The number of amides is 1. The third-order valence-corrected chi connectivity index (χ3v) is 5.68. The van der Waals surface area contributed by atoms with Gasteiger partial charge in [-0.3, -0.25) is 0 Å². The van der Waals surface area contributed by atoms with Crippen molar-refractivity contribution in [3.05, 3.63) is 29.1 Å². The number of nitrogens with zero attached hydrogens (tertiary/aromatic N) is 4. The van der Waals surface area contributed by atoms with Crippen molar-refractivity contribution < 1.29 is 19.4 Å². The van der Waals surface area contributed by atoms with E-state index >= 15 is 0 Å². The molecule has 2 aromatic rings. The molecule has 2 aliphatic heterocycles. The van der Waals surface area contributed by atoms with E-state index in [4.69, 9.17) is 9.72 Å². The maximum Gasteiger partial charge on any atom is 0.410 e. The molecule has 2 aromatic heterocycles. The van der Waals surface area contributed by atoms with E-state index in [0.717, 1.165) is 36.2 Å². The van der Waals surface area contributed by atoms with Crippen LogP contribution in [0.3, 0.4) is 0 Å². The van der Waals surface area contributed by atoms with Gasteiger partial charge in [0.1, 0.15) is 5.60 Å². The highest BCUT2D eigenvalue weighted by Gasteiger charge is 2.29. The number of carbonyl (C=O) groups excluding carboxylic acids is 1. The van der Waals surface area contributed by atoms with Crippen LogP contribution in [0.1, 0.15) is 55.1 Å². The molecule has 0 bridgehead atoms. The van der Waals surface area contributed by atoms with E-state index in [0.29, 0.717) is 36.7 Å². The Labute approximate surface area is 181 Å². The molecule has 0 saturated carbocycles. The summed E-state index contributed by atoms with van der Waals surface area (Å²) < 4.78 is 7.46. The molecule has 2 N–H and O–H groups in total. The van der Waals surface area contributed by atoms with Crippen LogP contribution in [-0.4, -0.2) is 61.3 Å². The normalized spacial score (nSPS) is 18.2. The Kier molecular flexibility index (Phi) is 5.36. The van der Waals surface area contributed by atoms with Gasteiger partial charge in [-0.2, -0.15) is 0 Å². The Morgan fingerprint density at radius 1 is 1.29 bits per heavy atom. The number of aromatic carboxylic acids is 1. The number of piperidine rings is 1. The molecule has 4 rings (SSSR count). The summed E-state index contributed by atoms with van der Waals surface area (Å²) in [5.74, 6) is -0.446. The molecule has 2 aliphatic rings. The first-order chi connectivity index (χ1) is 14.6. The lowest BCUT2D eigenvalue weighted by Crippen LogP contribution is -2.47. The van der Waals surface area contributed by atoms with Gasteiger partial charge in [-0.1, -0.05) is 0 Å². The summed E-state index contributed by atoms with van der Waals surface area (Å²) in [6.45, 7) is 9.30. The van der Waals surface area contributed by atoms with Crippen molar-refractivity contribution in [2.45, 2.75) is 65.1 Å². The first-order valence-electron chi connectivity index (χ1n) is 10.7. The molecule has 0 aromatic carbocycles. The third kappa shape index (κ3) is 4.35. The summed E-state index contributed by atoms with van der Waals surface area (Å²) in [5.41, 5.74) is 3.11. The second-order valence-electron chi connectivity index (χ2n) is 9.24. The van der Waals surface area contributed by atoms with Crippen LogP contribution >= 0.6 is 0 Å². The molecule has 0 radical (unpaired) electrons. The molecule has 9 nitrogen and oxygen atoms in total. The summed E-state index contributed by atoms with van der Waals surface area (Å²) in [4.78, 5) is 34.9. The van der Waals surface area contributed by atoms with Crippen LogP contribution < -0.4 is 5.32 Å². The van der Waals surface area contributed by atoms with Crippen LogP contribution in [0.4, 0.5) is 10.7 Å². The number of hydrogen-bond acceptors (Lipinski definition) is 6. The van der Waals surface area contributed by atoms with E-state index in [9.17, 15) is 14.7 Å². The molecule has 4 heterocycles. The van der Waals surface area contributed by atoms with Gasteiger partial charge in [-0.15, -0.1) is 0 Å². The predicted molar refractivity (Wildman–Crippen MR) is 115 cm³/mol. The maximum absolute atomic E-state index is 12.4. The van der Waals surface area contributed by atoms with E-state index in [1.165, 1.54) is 0 Å². The van der Waals surface area contributed by atoms with Crippen molar-refractivity contribution in [3.63, 3.8) is 0 Å². The molecular formula is C22H29N5O4. The van der Waals surface area contributed by atoms with E-state index in [1.54, 1.807) is 11.1 Å². The summed E-state index contributed by atoms with van der Waals surface area (Å²) >= 11 is 0. The van der Waals surface area contributed by atoms with Crippen molar-refractivity contribution in [1.29, 1.82) is 0 Å². The van der Waals surface area contributed by atoms with Crippen LogP contribution in [0, 0.1) is 6.92 Å². The van der Waals surface area contributed by atoms with Crippen LogP contribution in [0.15, 0.2) is 12.4 Å². The topological polar surface area (TPSA) is 110 Å². The number of nitrogens with one attached hydrogen (secondary N) is 1. The lowest BCUT2D eigenvalue weighted by atomic mass is 10.0. The standard InChI is InChI=1S/C22H29N5O4/c1-13-16(19(28)29)12-26-9-7-14-10-23-20(25-17(14)18(13)26)24-15-6-5-8-27(11-15)21(30)31-22(2,3)4/h10,12,15H,5-9,11H2,1-4H3,(H,28,29)(H,23,24,25)/t15-/m0/s1. The van der Waals surface area contributed by atoms with Gasteiger partial charge in [0.2, 0.25) is 5.95 Å². The van der Waals surface area contributed by atoms with E-state index in [2.05, 4.69) is 10.3 Å². The number of likely N-dealkylation sites (tertiary alicyclic amines) is 1. The quantitative estimate of drug-likeness (QED) is 0.773. The number of anilines is 1. The molecule has 31 heavy (non-hydrogen) atoms.